The fourth-order valence-electron chi connectivity index (χ4n) is 2.90. The van der Waals surface area contributed by atoms with Gasteiger partial charge in [0, 0.05) is 17.8 Å². The Kier molecular flexibility index (Phi) is 5.23. The summed E-state index contributed by atoms with van der Waals surface area (Å²) in [4.78, 5) is 12.0. The molecule has 1 aromatic rings. The van der Waals surface area contributed by atoms with Crippen LogP contribution in [0.1, 0.15) is 51.6 Å². The van der Waals surface area contributed by atoms with Crippen molar-refractivity contribution in [3.05, 3.63) is 29.8 Å². The molecule has 4 unspecified atom stereocenters. The second-order valence-corrected chi connectivity index (χ2v) is 6.47. The lowest BCUT2D eigenvalue weighted by atomic mass is 9.79. The summed E-state index contributed by atoms with van der Waals surface area (Å²) in [5.74, 6) is 1.44. The Hall–Kier alpha value is -1.55. The number of carbonyl (C=O) groups excluding carboxylic acids is 1. The van der Waals surface area contributed by atoms with Crippen LogP contribution in [0.15, 0.2) is 24.3 Å². The van der Waals surface area contributed by atoms with Crippen molar-refractivity contribution in [3.63, 3.8) is 0 Å². The highest BCUT2D eigenvalue weighted by Gasteiger charge is 2.25. The van der Waals surface area contributed by atoms with E-state index in [2.05, 4.69) is 24.5 Å². The molecule has 1 aliphatic carbocycles. The quantitative estimate of drug-likeness (QED) is 0.795. The third kappa shape index (κ3) is 4.46. The Balaban J connectivity index is 1.84. The molecule has 1 aromatic carbocycles. The molecule has 4 N–H and O–H groups in total. The third-order valence-corrected chi connectivity index (χ3v) is 4.63. The minimum Gasteiger partial charge on any atom is -0.335 e. The molecule has 4 heteroatoms. The Bertz CT molecular complexity index is 469. The first-order chi connectivity index (χ1) is 9.95. The van der Waals surface area contributed by atoms with Gasteiger partial charge in [0.25, 0.3) is 0 Å². The SMILES string of the molecule is CC(N)c1ccc(NC(=O)NC2CCC(C)C(C)C2)cc1. The molecule has 1 fully saturated rings. The highest BCUT2D eigenvalue weighted by Crippen LogP contribution is 2.29. The van der Waals surface area contributed by atoms with E-state index in [0.717, 1.165) is 30.0 Å². The molecule has 1 aliphatic rings. The smallest absolute Gasteiger partial charge is 0.319 e. The van der Waals surface area contributed by atoms with Gasteiger partial charge >= 0.3 is 6.03 Å². The van der Waals surface area contributed by atoms with E-state index in [4.69, 9.17) is 5.73 Å². The largest absolute Gasteiger partial charge is 0.335 e. The first-order valence-electron chi connectivity index (χ1n) is 7.88. The normalized spacial score (nSPS) is 27.0. The summed E-state index contributed by atoms with van der Waals surface area (Å²) in [5, 5.41) is 5.97. The molecular formula is C17H27N3O. The van der Waals surface area contributed by atoms with E-state index in [1.807, 2.05) is 31.2 Å². The summed E-state index contributed by atoms with van der Waals surface area (Å²) in [5.41, 5.74) is 7.68. The maximum absolute atomic E-state index is 12.0. The zero-order valence-corrected chi connectivity index (χ0v) is 13.2. The second kappa shape index (κ2) is 6.94. The zero-order valence-electron chi connectivity index (χ0n) is 13.2. The van der Waals surface area contributed by atoms with Crippen molar-refractivity contribution in [2.45, 2.75) is 52.1 Å². The lowest BCUT2D eigenvalue weighted by molar-refractivity contribution is 0.215. The fraction of sp³-hybridized carbons (Fsp3) is 0.588. The number of anilines is 1. The number of rotatable bonds is 3. The molecular weight excluding hydrogens is 262 g/mol. The van der Waals surface area contributed by atoms with E-state index < -0.39 is 0 Å². The molecule has 0 radical (unpaired) electrons. The Morgan fingerprint density at radius 2 is 1.86 bits per heavy atom. The maximum atomic E-state index is 12.0. The van der Waals surface area contributed by atoms with Crippen LogP contribution in [-0.4, -0.2) is 12.1 Å². The number of urea groups is 1. The lowest BCUT2D eigenvalue weighted by Crippen LogP contribution is -2.41. The first kappa shape index (κ1) is 15.8. The van der Waals surface area contributed by atoms with Gasteiger partial charge in [-0.3, -0.25) is 0 Å². The molecule has 0 aromatic heterocycles. The number of nitrogens with one attached hydrogen (secondary N) is 2. The number of hydrogen-bond donors (Lipinski definition) is 3. The van der Waals surface area contributed by atoms with Crippen LogP contribution in [0.3, 0.4) is 0 Å². The molecule has 2 rings (SSSR count). The zero-order chi connectivity index (χ0) is 15.4. The molecule has 1 saturated carbocycles. The van der Waals surface area contributed by atoms with Crippen molar-refractivity contribution in [1.82, 2.24) is 5.32 Å². The van der Waals surface area contributed by atoms with Crippen molar-refractivity contribution in [1.29, 1.82) is 0 Å². The van der Waals surface area contributed by atoms with Crippen LogP contribution in [0.25, 0.3) is 0 Å². The molecule has 116 valence electrons. The molecule has 4 nitrogen and oxygen atoms in total. The van der Waals surface area contributed by atoms with Gasteiger partial charge in [0.1, 0.15) is 0 Å². The van der Waals surface area contributed by atoms with Crippen LogP contribution in [-0.2, 0) is 0 Å². The number of hydrogen-bond acceptors (Lipinski definition) is 2. The van der Waals surface area contributed by atoms with Crippen molar-refractivity contribution in [2.75, 3.05) is 5.32 Å². The van der Waals surface area contributed by atoms with Gasteiger partial charge < -0.3 is 16.4 Å². The number of benzene rings is 1. The third-order valence-electron chi connectivity index (χ3n) is 4.63. The summed E-state index contributed by atoms with van der Waals surface area (Å²) < 4.78 is 0. The Morgan fingerprint density at radius 3 is 2.43 bits per heavy atom. The average Bonchev–Trinajstić information content (AvgIpc) is 2.43. The summed E-state index contributed by atoms with van der Waals surface area (Å²) in [6.07, 6.45) is 3.33. The van der Waals surface area contributed by atoms with Gasteiger partial charge in [0.2, 0.25) is 0 Å². The molecule has 0 spiro atoms. The van der Waals surface area contributed by atoms with Gasteiger partial charge in [-0.1, -0.05) is 26.0 Å². The van der Waals surface area contributed by atoms with Crippen LogP contribution in [0.2, 0.25) is 0 Å². The van der Waals surface area contributed by atoms with Crippen molar-refractivity contribution >= 4 is 11.7 Å². The van der Waals surface area contributed by atoms with E-state index in [1.54, 1.807) is 0 Å². The number of nitrogens with two attached hydrogens (primary N) is 1. The van der Waals surface area contributed by atoms with Gasteiger partial charge in [0.15, 0.2) is 0 Å². The van der Waals surface area contributed by atoms with E-state index in [1.165, 1.54) is 6.42 Å². The Morgan fingerprint density at radius 1 is 1.19 bits per heavy atom. The van der Waals surface area contributed by atoms with Crippen LogP contribution in [0, 0.1) is 11.8 Å². The highest BCUT2D eigenvalue weighted by atomic mass is 16.2. The molecule has 0 aliphatic heterocycles. The minimum absolute atomic E-state index is 0.0126. The Labute approximate surface area is 127 Å². The van der Waals surface area contributed by atoms with Gasteiger partial charge in [-0.15, -0.1) is 0 Å². The van der Waals surface area contributed by atoms with E-state index in [-0.39, 0.29) is 12.1 Å². The average molecular weight is 289 g/mol. The van der Waals surface area contributed by atoms with Crippen LogP contribution in [0.5, 0.6) is 0 Å². The molecule has 2 amide bonds. The number of carbonyl (C=O) groups is 1. The van der Waals surface area contributed by atoms with Crippen molar-refractivity contribution in [3.8, 4) is 0 Å². The summed E-state index contributed by atoms with van der Waals surface area (Å²) in [7, 11) is 0. The molecule has 0 bridgehead atoms. The predicted molar refractivity (Wildman–Crippen MR) is 87.2 cm³/mol. The van der Waals surface area contributed by atoms with E-state index in [9.17, 15) is 4.79 Å². The topological polar surface area (TPSA) is 67.1 Å². The highest BCUT2D eigenvalue weighted by molar-refractivity contribution is 5.89. The maximum Gasteiger partial charge on any atom is 0.319 e. The summed E-state index contributed by atoms with van der Waals surface area (Å²) in [6, 6.07) is 7.87. The van der Waals surface area contributed by atoms with Gasteiger partial charge in [-0.05, 0) is 55.7 Å². The molecule has 0 saturated heterocycles. The van der Waals surface area contributed by atoms with Gasteiger partial charge in [-0.2, -0.15) is 0 Å². The summed E-state index contributed by atoms with van der Waals surface area (Å²) in [6.45, 7) is 6.50. The lowest BCUT2D eigenvalue weighted by Gasteiger charge is -2.32. The van der Waals surface area contributed by atoms with Gasteiger partial charge in [-0.25, -0.2) is 4.79 Å². The van der Waals surface area contributed by atoms with Gasteiger partial charge in [0.05, 0.1) is 0 Å². The van der Waals surface area contributed by atoms with Crippen LogP contribution < -0.4 is 16.4 Å². The van der Waals surface area contributed by atoms with E-state index >= 15 is 0 Å². The van der Waals surface area contributed by atoms with Crippen molar-refractivity contribution < 1.29 is 4.79 Å². The van der Waals surface area contributed by atoms with Crippen LogP contribution in [0.4, 0.5) is 10.5 Å². The predicted octanol–water partition coefficient (Wildman–Crippen LogP) is 3.65. The molecule has 21 heavy (non-hydrogen) atoms. The van der Waals surface area contributed by atoms with E-state index in [0.29, 0.717) is 12.0 Å². The monoisotopic (exact) mass is 289 g/mol. The fourth-order valence-corrected chi connectivity index (χ4v) is 2.90. The van der Waals surface area contributed by atoms with Crippen LogP contribution >= 0.6 is 0 Å². The number of amides is 2. The summed E-state index contributed by atoms with van der Waals surface area (Å²) >= 11 is 0. The molecule has 4 atom stereocenters. The molecule has 0 heterocycles. The second-order valence-electron chi connectivity index (χ2n) is 6.47. The van der Waals surface area contributed by atoms with Crippen molar-refractivity contribution in [2.24, 2.45) is 17.6 Å². The first-order valence-corrected chi connectivity index (χ1v) is 7.88. The minimum atomic E-state index is -0.115. The standard InChI is InChI=1S/C17H27N3O/c1-11-4-7-16(10-12(11)2)20-17(21)19-15-8-5-14(6-9-15)13(3)18/h5-6,8-9,11-13,16H,4,7,10,18H2,1-3H3,(H2,19,20,21).